The van der Waals surface area contributed by atoms with E-state index < -0.39 is 0 Å². The van der Waals surface area contributed by atoms with Crippen LogP contribution in [-0.2, 0) is 0 Å². The highest BCUT2D eigenvalue weighted by atomic mass is 35.5. The van der Waals surface area contributed by atoms with Crippen LogP contribution in [0.4, 0.5) is 0 Å². The van der Waals surface area contributed by atoms with Crippen molar-refractivity contribution in [2.75, 3.05) is 0 Å². The van der Waals surface area contributed by atoms with Crippen LogP contribution in [0.1, 0.15) is 11.7 Å². The highest BCUT2D eigenvalue weighted by Crippen LogP contribution is 2.03. The Morgan fingerprint density at radius 3 is 2.78 bits per heavy atom. The molecular weight excluding hydrogens is 140 g/mol. The van der Waals surface area contributed by atoms with Crippen molar-refractivity contribution in [3.8, 4) is 0 Å². The number of carbonyl (C=O) groups excluding carboxylic acids is 1. The molecule has 1 heterocycles. The molecule has 4 heteroatoms. The van der Waals surface area contributed by atoms with Gasteiger partial charge in [0.15, 0.2) is 0 Å². The first-order valence-corrected chi connectivity index (χ1v) is 2.79. The molecule has 0 bridgehead atoms. The van der Waals surface area contributed by atoms with Gasteiger partial charge in [-0.1, -0.05) is 11.6 Å². The van der Waals surface area contributed by atoms with Crippen LogP contribution in [0.3, 0.4) is 0 Å². The third-order valence-electron chi connectivity index (χ3n) is 0.874. The van der Waals surface area contributed by atoms with Gasteiger partial charge in [0.2, 0.25) is 5.91 Å². The number of nitrogens with zero attached hydrogens (tertiary/aromatic N) is 2. The summed E-state index contributed by atoms with van der Waals surface area (Å²) in [5.74, 6) is -0.137. The van der Waals surface area contributed by atoms with Gasteiger partial charge in [-0.3, -0.25) is 4.79 Å². The summed E-state index contributed by atoms with van der Waals surface area (Å²) in [5, 5.41) is 4.13. The minimum Gasteiger partial charge on any atom is -0.273 e. The smallest absolute Gasteiger partial charge is 0.243 e. The first-order valence-electron chi connectivity index (χ1n) is 2.41. The van der Waals surface area contributed by atoms with Crippen LogP contribution >= 0.6 is 11.6 Å². The Morgan fingerprint density at radius 1 is 1.89 bits per heavy atom. The van der Waals surface area contributed by atoms with Crippen molar-refractivity contribution in [1.82, 2.24) is 9.78 Å². The molecule has 0 atom stereocenters. The van der Waals surface area contributed by atoms with Crippen molar-refractivity contribution < 1.29 is 4.79 Å². The van der Waals surface area contributed by atoms with E-state index in [9.17, 15) is 4.79 Å². The Balaban J connectivity index is 2.98. The van der Waals surface area contributed by atoms with Gasteiger partial charge in [0.1, 0.15) is 0 Å². The van der Waals surface area contributed by atoms with Gasteiger partial charge >= 0.3 is 0 Å². The average Bonchev–Trinajstić information content (AvgIpc) is 2.14. The molecule has 9 heavy (non-hydrogen) atoms. The zero-order valence-corrected chi connectivity index (χ0v) is 5.59. The summed E-state index contributed by atoms with van der Waals surface area (Å²) in [7, 11) is 0. The number of aromatic nitrogens is 2. The largest absolute Gasteiger partial charge is 0.273 e. The van der Waals surface area contributed by atoms with Gasteiger partial charge in [-0.05, 0) is 0 Å². The van der Waals surface area contributed by atoms with Crippen LogP contribution in [-0.4, -0.2) is 15.7 Å². The molecule has 1 aromatic rings. The fourth-order valence-corrected chi connectivity index (χ4v) is 0.609. The van der Waals surface area contributed by atoms with Gasteiger partial charge < -0.3 is 0 Å². The van der Waals surface area contributed by atoms with Crippen LogP contribution in [0.15, 0.2) is 12.4 Å². The Kier molecular flexibility index (Phi) is 1.53. The van der Waals surface area contributed by atoms with Crippen molar-refractivity contribution in [3.63, 3.8) is 0 Å². The molecule has 0 saturated heterocycles. The maximum atomic E-state index is 10.5. The minimum absolute atomic E-state index is 0.137. The summed E-state index contributed by atoms with van der Waals surface area (Å²) in [6, 6.07) is 0. The van der Waals surface area contributed by atoms with Gasteiger partial charge in [-0.25, -0.2) is 4.68 Å². The van der Waals surface area contributed by atoms with Crippen molar-refractivity contribution >= 4 is 17.5 Å². The van der Waals surface area contributed by atoms with E-state index in [1.54, 1.807) is 0 Å². The first kappa shape index (κ1) is 6.29. The van der Waals surface area contributed by atoms with Crippen LogP contribution in [0.5, 0.6) is 0 Å². The Morgan fingerprint density at radius 2 is 2.56 bits per heavy atom. The van der Waals surface area contributed by atoms with E-state index in [0.29, 0.717) is 5.02 Å². The zero-order chi connectivity index (χ0) is 6.85. The number of hydrogen-bond donors (Lipinski definition) is 0. The molecule has 48 valence electrons. The molecular formula is C5H5ClN2O. The van der Waals surface area contributed by atoms with Gasteiger partial charge in [0.05, 0.1) is 17.4 Å². The Bertz CT molecular complexity index is 231. The van der Waals surface area contributed by atoms with E-state index in [4.69, 9.17) is 11.6 Å². The predicted octanol–water partition coefficient (Wildman–Crippen LogP) is 1.20. The highest BCUT2D eigenvalue weighted by molar-refractivity contribution is 6.30. The molecule has 0 amide bonds. The van der Waals surface area contributed by atoms with E-state index in [1.165, 1.54) is 24.0 Å². The fourth-order valence-electron chi connectivity index (χ4n) is 0.473. The van der Waals surface area contributed by atoms with E-state index in [2.05, 4.69) is 5.10 Å². The molecule has 0 N–H and O–H groups in total. The van der Waals surface area contributed by atoms with Gasteiger partial charge in [0.25, 0.3) is 0 Å². The molecule has 1 rings (SSSR count). The van der Waals surface area contributed by atoms with Crippen molar-refractivity contribution in [3.05, 3.63) is 17.4 Å². The summed E-state index contributed by atoms with van der Waals surface area (Å²) < 4.78 is 1.18. The third-order valence-corrected chi connectivity index (χ3v) is 1.07. The second kappa shape index (κ2) is 2.19. The molecule has 0 aliphatic carbocycles. The summed E-state index contributed by atoms with van der Waals surface area (Å²) in [6.07, 6.45) is 2.88. The SMILES string of the molecule is CC(=O)n1cc(Cl)cn1. The standard InChI is InChI=1S/C5H5ClN2O/c1-4(9)8-3-5(6)2-7-8/h2-3H,1H3. The predicted molar refractivity (Wildman–Crippen MR) is 33.5 cm³/mol. The van der Waals surface area contributed by atoms with Gasteiger partial charge in [-0.2, -0.15) is 5.10 Å². The molecule has 0 fully saturated rings. The maximum Gasteiger partial charge on any atom is 0.243 e. The summed E-state index contributed by atoms with van der Waals surface area (Å²) in [5.41, 5.74) is 0. The van der Waals surface area contributed by atoms with E-state index >= 15 is 0 Å². The Labute approximate surface area is 57.2 Å². The molecule has 0 aromatic carbocycles. The van der Waals surface area contributed by atoms with Crippen molar-refractivity contribution in [2.24, 2.45) is 0 Å². The minimum atomic E-state index is -0.137. The second-order valence-corrected chi connectivity index (χ2v) is 2.06. The number of hydrogen-bond acceptors (Lipinski definition) is 2. The molecule has 3 nitrogen and oxygen atoms in total. The van der Waals surface area contributed by atoms with E-state index in [1.807, 2.05) is 0 Å². The Hall–Kier alpha value is -0.830. The lowest BCUT2D eigenvalue weighted by Gasteiger charge is -1.87. The summed E-state index contributed by atoms with van der Waals surface area (Å²) >= 11 is 5.47. The van der Waals surface area contributed by atoms with E-state index in [-0.39, 0.29) is 5.91 Å². The van der Waals surface area contributed by atoms with E-state index in [0.717, 1.165) is 0 Å². The molecule has 0 saturated carbocycles. The van der Waals surface area contributed by atoms with Crippen LogP contribution in [0, 0.1) is 0 Å². The van der Waals surface area contributed by atoms with Gasteiger partial charge in [0, 0.05) is 6.92 Å². The summed E-state index contributed by atoms with van der Waals surface area (Å²) in [4.78, 5) is 10.5. The van der Waals surface area contributed by atoms with Crippen LogP contribution in [0.25, 0.3) is 0 Å². The lowest BCUT2D eigenvalue weighted by atomic mass is 10.7. The average molecular weight is 145 g/mol. The lowest BCUT2D eigenvalue weighted by molar-refractivity contribution is 0.0921. The number of halogens is 1. The first-order chi connectivity index (χ1) is 4.20. The maximum absolute atomic E-state index is 10.5. The molecule has 0 radical (unpaired) electrons. The van der Waals surface area contributed by atoms with Crippen LogP contribution in [0.2, 0.25) is 5.02 Å². The summed E-state index contributed by atoms with van der Waals surface area (Å²) in [6.45, 7) is 1.42. The van der Waals surface area contributed by atoms with Crippen molar-refractivity contribution in [2.45, 2.75) is 6.92 Å². The highest BCUT2D eigenvalue weighted by Gasteiger charge is 1.97. The third kappa shape index (κ3) is 1.29. The number of rotatable bonds is 0. The second-order valence-electron chi connectivity index (χ2n) is 1.62. The topological polar surface area (TPSA) is 34.9 Å². The molecule has 0 aliphatic heterocycles. The fraction of sp³-hybridized carbons (Fsp3) is 0.200. The van der Waals surface area contributed by atoms with Crippen molar-refractivity contribution in [1.29, 1.82) is 0 Å². The number of carbonyl (C=O) groups is 1. The van der Waals surface area contributed by atoms with Gasteiger partial charge in [-0.15, -0.1) is 0 Å². The normalized spacial score (nSPS) is 9.56. The zero-order valence-electron chi connectivity index (χ0n) is 4.84. The molecule has 0 unspecified atom stereocenters. The quantitative estimate of drug-likeness (QED) is 0.549. The van der Waals surface area contributed by atoms with Crippen LogP contribution < -0.4 is 0 Å². The molecule has 1 aromatic heterocycles. The molecule has 0 aliphatic rings. The lowest BCUT2D eigenvalue weighted by Crippen LogP contribution is -2.04. The molecule has 0 spiro atoms. The monoisotopic (exact) mass is 144 g/mol.